The third-order valence-electron chi connectivity index (χ3n) is 2.34. The van der Waals surface area contributed by atoms with Gasteiger partial charge in [-0.2, -0.15) is 5.10 Å². The Morgan fingerprint density at radius 2 is 2.33 bits per heavy atom. The van der Waals surface area contributed by atoms with Crippen LogP contribution in [0.25, 0.3) is 0 Å². The summed E-state index contributed by atoms with van der Waals surface area (Å²) < 4.78 is 1.69. The molecule has 0 fully saturated rings. The Morgan fingerprint density at radius 1 is 1.50 bits per heavy atom. The number of hydrogen-bond acceptors (Lipinski definition) is 5. The summed E-state index contributed by atoms with van der Waals surface area (Å²) in [5, 5.41) is 7.45. The van der Waals surface area contributed by atoms with E-state index in [-0.39, 0.29) is 0 Å². The van der Waals surface area contributed by atoms with Crippen LogP contribution >= 0.6 is 12.2 Å². The van der Waals surface area contributed by atoms with Crippen LogP contribution in [0, 0.1) is 0 Å². The highest BCUT2D eigenvalue weighted by atomic mass is 32.1. The minimum Gasteiger partial charge on any atom is -0.388 e. The average molecular weight is 262 g/mol. The second-order valence-electron chi connectivity index (χ2n) is 3.81. The van der Waals surface area contributed by atoms with Crippen LogP contribution in [-0.2, 0) is 13.5 Å². The van der Waals surface area contributed by atoms with Crippen molar-refractivity contribution in [1.82, 2.24) is 19.7 Å². The fourth-order valence-corrected chi connectivity index (χ4v) is 1.60. The van der Waals surface area contributed by atoms with Crippen molar-refractivity contribution in [2.24, 2.45) is 12.8 Å². The molecule has 0 amide bonds. The lowest BCUT2D eigenvalue weighted by Gasteiger charge is -2.05. The molecule has 2 rings (SSSR count). The maximum atomic E-state index is 5.52. The first kappa shape index (κ1) is 12.4. The Kier molecular flexibility index (Phi) is 3.83. The van der Waals surface area contributed by atoms with Gasteiger partial charge in [0.2, 0.25) is 0 Å². The van der Waals surface area contributed by atoms with E-state index in [0.29, 0.717) is 10.7 Å². The van der Waals surface area contributed by atoms with Crippen molar-refractivity contribution in [2.75, 3.05) is 11.9 Å². The Morgan fingerprint density at radius 3 is 3.00 bits per heavy atom. The zero-order chi connectivity index (χ0) is 13.0. The lowest BCUT2D eigenvalue weighted by Crippen LogP contribution is -2.12. The Hall–Kier alpha value is -2.02. The first-order valence-electron chi connectivity index (χ1n) is 5.49. The fourth-order valence-electron chi connectivity index (χ4n) is 1.49. The number of aryl methyl sites for hydroxylation is 1. The van der Waals surface area contributed by atoms with Crippen LogP contribution in [-0.4, -0.2) is 31.3 Å². The summed E-state index contributed by atoms with van der Waals surface area (Å²) in [5.74, 6) is 0.814. The molecular formula is C11H14N6S. The molecule has 3 N–H and O–H groups in total. The highest BCUT2D eigenvalue weighted by molar-refractivity contribution is 7.80. The van der Waals surface area contributed by atoms with Crippen molar-refractivity contribution in [3.63, 3.8) is 0 Å². The Bertz CT molecular complexity index is 550. The fraction of sp³-hybridized carbons (Fsp3) is 0.273. The molecule has 0 spiro atoms. The molecule has 0 aliphatic heterocycles. The smallest absolute Gasteiger partial charge is 0.152 e. The third-order valence-corrected chi connectivity index (χ3v) is 2.55. The summed E-state index contributed by atoms with van der Waals surface area (Å²) in [5.41, 5.74) is 7.07. The molecule has 0 aromatic carbocycles. The molecule has 0 unspecified atom stereocenters. The summed E-state index contributed by atoms with van der Waals surface area (Å²) in [4.78, 5) is 8.52. The van der Waals surface area contributed by atoms with Crippen LogP contribution in [0.4, 0.5) is 5.69 Å². The van der Waals surface area contributed by atoms with Gasteiger partial charge in [0.15, 0.2) is 5.82 Å². The molecule has 0 radical (unpaired) electrons. The number of pyridine rings is 1. The van der Waals surface area contributed by atoms with Gasteiger partial charge in [-0.15, -0.1) is 0 Å². The van der Waals surface area contributed by atoms with Gasteiger partial charge in [0.05, 0.1) is 5.69 Å². The van der Waals surface area contributed by atoms with Crippen LogP contribution in [0.3, 0.4) is 0 Å². The summed E-state index contributed by atoms with van der Waals surface area (Å²) in [7, 11) is 1.85. The number of nitrogens with one attached hydrogen (secondary N) is 1. The molecule has 0 aliphatic carbocycles. The van der Waals surface area contributed by atoms with Gasteiger partial charge in [0.1, 0.15) is 11.3 Å². The van der Waals surface area contributed by atoms with Gasteiger partial charge >= 0.3 is 0 Å². The van der Waals surface area contributed by atoms with Crippen LogP contribution in [0.15, 0.2) is 24.7 Å². The molecule has 2 aromatic rings. The largest absolute Gasteiger partial charge is 0.388 e. The van der Waals surface area contributed by atoms with E-state index >= 15 is 0 Å². The molecule has 0 saturated heterocycles. The quantitative estimate of drug-likeness (QED) is 0.764. The molecule has 0 bridgehead atoms. The van der Waals surface area contributed by atoms with Gasteiger partial charge in [0, 0.05) is 31.9 Å². The van der Waals surface area contributed by atoms with Crippen molar-refractivity contribution in [1.29, 1.82) is 0 Å². The van der Waals surface area contributed by atoms with Gasteiger partial charge in [0.25, 0.3) is 0 Å². The predicted octanol–water partition coefficient (Wildman–Crippen LogP) is 0.499. The predicted molar refractivity (Wildman–Crippen MR) is 73.3 cm³/mol. The SMILES string of the molecule is Cn1cnc(CCNc2ccnc(C(N)=S)c2)n1. The second kappa shape index (κ2) is 5.54. The van der Waals surface area contributed by atoms with Gasteiger partial charge in [-0.05, 0) is 12.1 Å². The Balaban J connectivity index is 1.90. The van der Waals surface area contributed by atoms with Crippen molar-refractivity contribution in [3.05, 3.63) is 36.2 Å². The van der Waals surface area contributed by atoms with E-state index in [2.05, 4.69) is 20.4 Å². The number of nitrogens with two attached hydrogens (primary N) is 1. The van der Waals surface area contributed by atoms with E-state index in [1.54, 1.807) is 17.2 Å². The zero-order valence-electron chi connectivity index (χ0n) is 10.00. The number of anilines is 1. The lowest BCUT2D eigenvalue weighted by atomic mass is 10.3. The number of nitrogens with zero attached hydrogens (tertiary/aromatic N) is 4. The lowest BCUT2D eigenvalue weighted by molar-refractivity contribution is 0.742. The van der Waals surface area contributed by atoms with E-state index in [4.69, 9.17) is 18.0 Å². The monoisotopic (exact) mass is 262 g/mol. The van der Waals surface area contributed by atoms with Crippen LogP contribution in [0.5, 0.6) is 0 Å². The maximum Gasteiger partial charge on any atom is 0.152 e. The average Bonchev–Trinajstić information content (AvgIpc) is 2.75. The maximum absolute atomic E-state index is 5.52. The molecule has 18 heavy (non-hydrogen) atoms. The van der Waals surface area contributed by atoms with Crippen LogP contribution in [0.1, 0.15) is 11.5 Å². The van der Waals surface area contributed by atoms with Gasteiger partial charge < -0.3 is 11.1 Å². The molecule has 2 aromatic heterocycles. The topological polar surface area (TPSA) is 81.7 Å². The summed E-state index contributed by atoms with van der Waals surface area (Å²) in [6.45, 7) is 0.741. The van der Waals surface area contributed by atoms with Gasteiger partial charge in [-0.1, -0.05) is 12.2 Å². The highest BCUT2D eigenvalue weighted by Gasteiger charge is 2.01. The van der Waals surface area contributed by atoms with E-state index in [1.807, 2.05) is 19.2 Å². The minimum absolute atomic E-state index is 0.296. The third kappa shape index (κ3) is 3.24. The van der Waals surface area contributed by atoms with E-state index in [1.165, 1.54) is 0 Å². The van der Waals surface area contributed by atoms with Gasteiger partial charge in [-0.3, -0.25) is 9.67 Å². The molecule has 0 saturated carbocycles. The normalized spacial score (nSPS) is 10.3. The van der Waals surface area contributed by atoms with Crippen LogP contribution < -0.4 is 11.1 Å². The standard InChI is InChI=1S/C11H14N6S/c1-17-7-15-10(16-17)3-5-13-8-2-4-14-9(6-8)11(12)18/h2,4,6-7H,3,5H2,1H3,(H2,12,18)(H,13,14). The highest BCUT2D eigenvalue weighted by Crippen LogP contribution is 2.07. The Labute approximate surface area is 110 Å². The number of hydrogen-bond donors (Lipinski definition) is 2. The molecule has 0 aliphatic rings. The van der Waals surface area contributed by atoms with Crippen molar-refractivity contribution >= 4 is 22.9 Å². The number of rotatable bonds is 5. The van der Waals surface area contributed by atoms with E-state index in [9.17, 15) is 0 Å². The van der Waals surface area contributed by atoms with Crippen LogP contribution in [0.2, 0.25) is 0 Å². The van der Waals surface area contributed by atoms with Crippen molar-refractivity contribution in [3.8, 4) is 0 Å². The van der Waals surface area contributed by atoms with Gasteiger partial charge in [-0.25, -0.2) is 4.98 Å². The molecular weight excluding hydrogens is 248 g/mol. The summed E-state index contributed by atoms with van der Waals surface area (Å²) in [6, 6.07) is 3.70. The molecule has 94 valence electrons. The number of thiocarbonyl (C=S) groups is 1. The number of aromatic nitrogens is 4. The molecule has 0 atom stereocenters. The first-order chi connectivity index (χ1) is 8.65. The van der Waals surface area contributed by atoms with Crippen molar-refractivity contribution < 1.29 is 0 Å². The summed E-state index contributed by atoms with van der Waals surface area (Å²) >= 11 is 4.88. The molecule has 2 heterocycles. The molecule has 7 heteroatoms. The van der Waals surface area contributed by atoms with E-state index in [0.717, 1.165) is 24.5 Å². The van der Waals surface area contributed by atoms with Crippen molar-refractivity contribution in [2.45, 2.75) is 6.42 Å². The summed E-state index contributed by atoms with van der Waals surface area (Å²) in [6.07, 6.45) is 4.12. The minimum atomic E-state index is 0.296. The second-order valence-corrected chi connectivity index (χ2v) is 4.25. The first-order valence-corrected chi connectivity index (χ1v) is 5.90. The zero-order valence-corrected chi connectivity index (χ0v) is 10.8. The molecule has 6 nitrogen and oxygen atoms in total. The van der Waals surface area contributed by atoms with E-state index < -0.39 is 0 Å².